The molecule has 2 aliphatic carbocycles. The molecule has 1 heterocycles. The summed E-state index contributed by atoms with van der Waals surface area (Å²) < 4.78 is 5.61. The second-order valence-electron chi connectivity index (χ2n) is 6.57. The summed E-state index contributed by atoms with van der Waals surface area (Å²) in [4.78, 5) is 12.0. The third-order valence-electron chi connectivity index (χ3n) is 5.36. The fourth-order valence-corrected chi connectivity index (χ4v) is 4.30. The molecule has 3 fully saturated rings. The number of amides is 1. The average Bonchev–Trinajstić information content (AvgIpc) is 3.14. The van der Waals surface area contributed by atoms with E-state index >= 15 is 0 Å². The quantitative estimate of drug-likeness (QED) is 0.791. The van der Waals surface area contributed by atoms with Crippen molar-refractivity contribution in [1.29, 1.82) is 0 Å². The summed E-state index contributed by atoms with van der Waals surface area (Å²) in [7, 11) is 0. The Hall–Kier alpha value is -0.610. The van der Waals surface area contributed by atoms with Crippen molar-refractivity contribution in [3.05, 3.63) is 0 Å². The predicted octanol–water partition coefficient (Wildman–Crippen LogP) is 1.44. The molecule has 4 heteroatoms. The Morgan fingerprint density at radius 2 is 2.11 bits per heavy atom. The lowest BCUT2D eigenvalue weighted by molar-refractivity contribution is -0.131. The van der Waals surface area contributed by atoms with Crippen molar-refractivity contribution in [1.82, 2.24) is 5.32 Å². The van der Waals surface area contributed by atoms with E-state index < -0.39 is 0 Å². The number of nitrogens with one attached hydrogen (secondary N) is 1. The molecule has 0 aromatic carbocycles. The van der Waals surface area contributed by atoms with E-state index in [1.807, 2.05) is 0 Å². The van der Waals surface area contributed by atoms with Crippen LogP contribution in [0.15, 0.2) is 0 Å². The van der Waals surface area contributed by atoms with E-state index in [0.29, 0.717) is 6.54 Å². The molecule has 1 saturated heterocycles. The molecule has 4 nitrogen and oxygen atoms in total. The summed E-state index contributed by atoms with van der Waals surface area (Å²) in [5, 5.41) is 3.05. The minimum absolute atomic E-state index is 0.0686. The number of ether oxygens (including phenoxy) is 1. The van der Waals surface area contributed by atoms with Crippen molar-refractivity contribution in [2.24, 2.45) is 23.5 Å². The molecule has 3 aliphatic rings. The Labute approximate surface area is 115 Å². The molecule has 3 unspecified atom stereocenters. The molecular weight excluding hydrogens is 240 g/mol. The third kappa shape index (κ3) is 2.95. The summed E-state index contributed by atoms with van der Waals surface area (Å²) >= 11 is 0. The van der Waals surface area contributed by atoms with E-state index in [-0.39, 0.29) is 18.1 Å². The molecule has 0 spiro atoms. The number of carbonyl (C=O) groups is 1. The second-order valence-corrected chi connectivity index (χ2v) is 6.57. The summed E-state index contributed by atoms with van der Waals surface area (Å²) in [5.41, 5.74) is 5.56. The highest BCUT2D eigenvalue weighted by atomic mass is 16.5. The van der Waals surface area contributed by atoms with Crippen LogP contribution < -0.4 is 11.1 Å². The van der Waals surface area contributed by atoms with Crippen molar-refractivity contribution in [3.8, 4) is 0 Å². The number of hydrogen-bond acceptors (Lipinski definition) is 3. The molecule has 5 atom stereocenters. The minimum Gasteiger partial charge on any atom is -0.364 e. The Bertz CT molecular complexity index is 334. The van der Waals surface area contributed by atoms with Gasteiger partial charge in [-0.3, -0.25) is 4.79 Å². The number of fused-ring (bicyclic) bond motifs is 2. The normalized spacial score (nSPS) is 40.8. The molecule has 3 N–H and O–H groups in total. The molecule has 1 amide bonds. The minimum atomic E-state index is -0.256. The van der Waals surface area contributed by atoms with Gasteiger partial charge in [-0.2, -0.15) is 0 Å². The van der Waals surface area contributed by atoms with Crippen LogP contribution in [0.5, 0.6) is 0 Å². The van der Waals surface area contributed by atoms with Gasteiger partial charge in [0.1, 0.15) is 6.10 Å². The van der Waals surface area contributed by atoms with Crippen LogP contribution in [0, 0.1) is 17.8 Å². The van der Waals surface area contributed by atoms with E-state index in [1.54, 1.807) is 0 Å². The molecular formula is C15H26N2O2. The van der Waals surface area contributed by atoms with E-state index in [9.17, 15) is 4.79 Å². The Kier molecular flexibility index (Phi) is 4.08. The van der Waals surface area contributed by atoms with Crippen LogP contribution in [0.3, 0.4) is 0 Å². The smallest absolute Gasteiger partial charge is 0.249 e. The highest BCUT2D eigenvalue weighted by molar-refractivity contribution is 5.80. The zero-order valence-electron chi connectivity index (χ0n) is 11.6. The van der Waals surface area contributed by atoms with E-state index in [1.165, 1.54) is 25.7 Å². The zero-order chi connectivity index (χ0) is 13.2. The van der Waals surface area contributed by atoms with Gasteiger partial charge in [0.15, 0.2) is 0 Å². The molecule has 0 aromatic rings. The largest absolute Gasteiger partial charge is 0.364 e. The first kappa shape index (κ1) is 13.4. The van der Waals surface area contributed by atoms with Crippen LogP contribution >= 0.6 is 0 Å². The SMILES string of the molecule is NC[C@H]1CC[C@@H](C(=O)NCCC2CC3CCC2C3)O1. The fourth-order valence-electron chi connectivity index (χ4n) is 4.30. The molecule has 1 aliphatic heterocycles. The van der Waals surface area contributed by atoms with Crippen LogP contribution in [-0.4, -0.2) is 31.2 Å². The molecule has 19 heavy (non-hydrogen) atoms. The van der Waals surface area contributed by atoms with Gasteiger partial charge >= 0.3 is 0 Å². The van der Waals surface area contributed by atoms with Crippen molar-refractivity contribution in [2.75, 3.05) is 13.1 Å². The maximum absolute atomic E-state index is 12.0. The van der Waals surface area contributed by atoms with Gasteiger partial charge in [0.2, 0.25) is 5.91 Å². The van der Waals surface area contributed by atoms with Gasteiger partial charge in [0.25, 0.3) is 0 Å². The Balaban J connectivity index is 1.35. The lowest BCUT2D eigenvalue weighted by atomic mass is 9.86. The fraction of sp³-hybridized carbons (Fsp3) is 0.933. The molecule has 3 rings (SSSR count). The van der Waals surface area contributed by atoms with Crippen LogP contribution in [-0.2, 0) is 9.53 Å². The van der Waals surface area contributed by atoms with Crippen LogP contribution in [0.4, 0.5) is 0 Å². The molecule has 0 radical (unpaired) electrons. The van der Waals surface area contributed by atoms with E-state index in [2.05, 4.69) is 5.32 Å². The molecule has 108 valence electrons. The van der Waals surface area contributed by atoms with Gasteiger partial charge in [-0.1, -0.05) is 6.42 Å². The summed E-state index contributed by atoms with van der Waals surface area (Å²) in [6.45, 7) is 1.34. The molecule has 2 saturated carbocycles. The summed E-state index contributed by atoms with van der Waals surface area (Å²) in [6, 6.07) is 0. The molecule has 2 bridgehead atoms. The van der Waals surface area contributed by atoms with E-state index in [4.69, 9.17) is 10.5 Å². The van der Waals surface area contributed by atoms with Crippen LogP contribution in [0.25, 0.3) is 0 Å². The first-order chi connectivity index (χ1) is 9.26. The first-order valence-electron chi connectivity index (χ1n) is 7.89. The number of nitrogens with two attached hydrogens (primary N) is 1. The van der Waals surface area contributed by atoms with Gasteiger partial charge in [-0.15, -0.1) is 0 Å². The summed E-state index contributed by atoms with van der Waals surface area (Å²) in [6.07, 6.45) is 8.44. The van der Waals surface area contributed by atoms with Crippen LogP contribution in [0.1, 0.15) is 44.9 Å². The third-order valence-corrected chi connectivity index (χ3v) is 5.36. The topological polar surface area (TPSA) is 64.4 Å². The standard InChI is InChI=1S/C15H26N2O2/c16-9-13-3-4-14(19-13)15(18)17-6-5-12-8-10-1-2-11(12)7-10/h10-14H,1-9,16H2,(H,17,18)/t10?,11?,12?,13-,14+/m1/s1. The zero-order valence-corrected chi connectivity index (χ0v) is 11.6. The van der Waals surface area contributed by atoms with Gasteiger partial charge in [-0.25, -0.2) is 0 Å². The van der Waals surface area contributed by atoms with Crippen molar-refractivity contribution in [2.45, 2.75) is 57.2 Å². The van der Waals surface area contributed by atoms with Crippen molar-refractivity contribution < 1.29 is 9.53 Å². The monoisotopic (exact) mass is 266 g/mol. The average molecular weight is 266 g/mol. The predicted molar refractivity (Wildman–Crippen MR) is 73.5 cm³/mol. The number of carbonyl (C=O) groups excluding carboxylic acids is 1. The van der Waals surface area contributed by atoms with Crippen LogP contribution in [0.2, 0.25) is 0 Å². The Morgan fingerprint density at radius 1 is 1.21 bits per heavy atom. The maximum atomic E-state index is 12.0. The highest BCUT2D eigenvalue weighted by Crippen LogP contribution is 2.49. The van der Waals surface area contributed by atoms with E-state index in [0.717, 1.165) is 43.6 Å². The van der Waals surface area contributed by atoms with Gasteiger partial charge < -0.3 is 15.8 Å². The second kappa shape index (κ2) is 5.80. The Morgan fingerprint density at radius 3 is 2.74 bits per heavy atom. The van der Waals surface area contributed by atoms with Gasteiger partial charge in [0, 0.05) is 13.1 Å². The first-order valence-corrected chi connectivity index (χ1v) is 7.89. The summed E-state index contributed by atoms with van der Waals surface area (Å²) in [5.74, 6) is 2.87. The lowest BCUT2D eigenvalue weighted by Gasteiger charge is -2.22. The van der Waals surface area contributed by atoms with Gasteiger partial charge in [-0.05, 0) is 56.3 Å². The van der Waals surface area contributed by atoms with Gasteiger partial charge in [0.05, 0.1) is 6.10 Å². The lowest BCUT2D eigenvalue weighted by Crippen LogP contribution is -2.36. The van der Waals surface area contributed by atoms with Crippen molar-refractivity contribution >= 4 is 5.91 Å². The van der Waals surface area contributed by atoms with Crippen molar-refractivity contribution in [3.63, 3.8) is 0 Å². The number of rotatable bonds is 5. The number of hydrogen-bond donors (Lipinski definition) is 2. The maximum Gasteiger partial charge on any atom is 0.249 e. The molecule has 0 aromatic heterocycles. The highest BCUT2D eigenvalue weighted by Gasteiger charge is 2.39.